The maximum Gasteiger partial charge on any atom is 0.276 e. The Morgan fingerprint density at radius 1 is 1.17 bits per heavy atom. The van der Waals surface area contributed by atoms with E-state index in [9.17, 15) is 14.7 Å². The van der Waals surface area contributed by atoms with E-state index >= 15 is 0 Å². The van der Waals surface area contributed by atoms with Crippen molar-refractivity contribution in [2.75, 3.05) is 30.0 Å². The molecule has 0 bridgehead atoms. The Morgan fingerprint density at radius 2 is 2.00 bits per heavy atom. The maximum absolute atomic E-state index is 13.7. The predicted octanol–water partition coefficient (Wildman–Crippen LogP) is 3.11. The molecule has 2 aliphatic heterocycles. The minimum Gasteiger partial charge on any atom is -0.392 e. The van der Waals surface area contributed by atoms with Gasteiger partial charge in [-0.1, -0.05) is 13.8 Å². The molecule has 11 nitrogen and oxygen atoms in total. The molecule has 0 saturated carbocycles. The van der Waals surface area contributed by atoms with Crippen LogP contribution in [-0.2, 0) is 37.8 Å². The number of nitrogens with zero attached hydrogens (tertiary/aromatic N) is 5. The lowest BCUT2D eigenvalue weighted by molar-refractivity contribution is 0.00670. The number of ether oxygens (including phenoxy) is 1. The number of fused-ring (bicyclic) bond motifs is 3. The molecule has 0 unspecified atom stereocenters. The minimum atomic E-state index is -0.314. The lowest BCUT2D eigenvalue weighted by Gasteiger charge is -2.31. The molecule has 0 aromatic carbocycles. The zero-order valence-corrected chi connectivity index (χ0v) is 23.4. The third kappa shape index (κ3) is 4.27. The number of aliphatic hydroxyl groups is 1. The number of hydrogen-bond acceptors (Lipinski definition) is 7. The van der Waals surface area contributed by atoms with Crippen molar-refractivity contribution in [2.45, 2.75) is 45.8 Å². The first-order chi connectivity index (χ1) is 19.7. The first-order valence-corrected chi connectivity index (χ1v) is 14.0. The molecule has 6 heterocycles. The standard InChI is InChI=1S/C30H33N7O4/c1-30(2)11-17-9-24-29(40)37(7-6-36(24)25(17)12-30)27-21(14-38)20(4-5-31-27)18-8-23(28(39)35(3)13-18)32-26-10-22(33-34-26)19-15-41-16-19/h4-5,8-10,13,19,38H,6-7,11-12,14-16H2,1-3H3,(H2,32,33,34). The van der Waals surface area contributed by atoms with E-state index in [-0.39, 0.29) is 29.4 Å². The molecule has 0 spiro atoms. The molecule has 1 fully saturated rings. The minimum absolute atomic E-state index is 0.114. The number of aliphatic hydroxyl groups excluding tert-OH is 1. The monoisotopic (exact) mass is 555 g/mol. The highest BCUT2D eigenvalue weighted by atomic mass is 16.5. The third-order valence-corrected chi connectivity index (χ3v) is 8.50. The average Bonchev–Trinajstić information content (AvgIpc) is 3.58. The number of hydrogen-bond donors (Lipinski definition) is 3. The van der Waals surface area contributed by atoms with Gasteiger partial charge in [0, 0.05) is 67.0 Å². The number of carbonyl (C=O) groups is 1. The third-order valence-electron chi connectivity index (χ3n) is 8.50. The Labute approximate surface area is 236 Å². The van der Waals surface area contributed by atoms with Crippen LogP contribution in [0.4, 0.5) is 17.3 Å². The number of H-pyrrole nitrogens is 1. The molecule has 4 aromatic rings. The number of carbonyl (C=O) groups excluding carboxylic acids is 1. The van der Waals surface area contributed by atoms with Crippen LogP contribution in [0.5, 0.6) is 0 Å². The molecule has 0 atom stereocenters. The smallest absolute Gasteiger partial charge is 0.276 e. The normalized spacial score (nSPS) is 17.9. The van der Waals surface area contributed by atoms with Crippen LogP contribution in [0.1, 0.15) is 52.8 Å². The number of aryl methyl sites for hydroxylation is 1. The number of aromatic amines is 1. The fourth-order valence-corrected chi connectivity index (χ4v) is 6.36. The number of aromatic nitrogens is 5. The molecule has 11 heteroatoms. The van der Waals surface area contributed by atoms with Crippen LogP contribution in [0.15, 0.2) is 41.5 Å². The summed E-state index contributed by atoms with van der Waals surface area (Å²) in [5.74, 6) is 1.14. The van der Waals surface area contributed by atoms with E-state index in [0.29, 0.717) is 66.0 Å². The van der Waals surface area contributed by atoms with Gasteiger partial charge in [-0.2, -0.15) is 5.10 Å². The molecule has 3 N–H and O–H groups in total. The van der Waals surface area contributed by atoms with Crippen molar-refractivity contribution in [2.24, 2.45) is 12.5 Å². The molecule has 1 amide bonds. The van der Waals surface area contributed by atoms with Crippen LogP contribution >= 0.6 is 0 Å². The van der Waals surface area contributed by atoms with Gasteiger partial charge in [0.15, 0.2) is 5.82 Å². The van der Waals surface area contributed by atoms with Crippen molar-refractivity contribution in [1.82, 2.24) is 24.3 Å². The second kappa shape index (κ2) is 9.42. The Balaban J connectivity index is 1.22. The van der Waals surface area contributed by atoms with Gasteiger partial charge in [-0.3, -0.25) is 19.6 Å². The van der Waals surface area contributed by atoms with Crippen LogP contribution in [-0.4, -0.2) is 55.1 Å². The van der Waals surface area contributed by atoms with E-state index in [1.807, 2.05) is 12.1 Å². The van der Waals surface area contributed by atoms with Crippen molar-refractivity contribution in [3.63, 3.8) is 0 Å². The van der Waals surface area contributed by atoms with Gasteiger partial charge in [0.1, 0.15) is 17.2 Å². The lowest BCUT2D eigenvalue weighted by atomic mass is 9.90. The fraction of sp³-hybridized carbons (Fsp3) is 0.400. The first kappa shape index (κ1) is 25.7. The Morgan fingerprint density at radius 3 is 2.76 bits per heavy atom. The second-order valence-corrected chi connectivity index (χ2v) is 12.1. The second-order valence-electron chi connectivity index (χ2n) is 12.1. The van der Waals surface area contributed by atoms with E-state index in [2.05, 4.69) is 38.9 Å². The van der Waals surface area contributed by atoms with Crippen molar-refractivity contribution < 1.29 is 14.6 Å². The number of anilines is 3. The SMILES string of the molecule is Cn1cc(-c2ccnc(N3CCn4c(cc5c4CC(C)(C)C5)C3=O)c2CO)cc(Nc2cc(C3COC3)[nH]n2)c1=O. The molecule has 3 aliphatic rings. The molecule has 212 valence electrons. The summed E-state index contributed by atoms with van der Waals surface area (Å²) < 4.78 is 8.92. The van der Waals surface area contributed by atoms with Crippen molar-refractivity contribution in [1.29, 1.82) is 0 Å². The van der Waals surface area contributed by atoms with Crippen LogP contribution in [0.2, 0.25) is 0 Å². The topological polar surface area (TPSA) is 130 Å². The van der Waals surface area contributed by atoms with Crippen LogP contribution in [0.25, 0.3) is 11.1 Å². The summed E-state index contributed by atoms with van der Waals surface area (Å²) in [4.78, 5) is 33.0. The summed E-state index contributed by atoms with van der Waals surface area (Å²) in [6.07, 6.45) is 5.29. The van der Waals surface area contributed by atoms with Crippen LogP contribution in [0, 0.1) is 5.41 Å². The largest absolute Gasteiger partial charge is 0.392 e. The zero-order chi connectivity index (χ0) is 28.5. The van der Waals surface area contributed by atoms with E-state index in [1.54, 1.807) is 36.5 Å². The maximum atomic E-state index is 13.7. The van der Waals surface area contributed by atoms with Gasteiger partial charge in [-0.25, -0.2) is 4.98 Å². The van der Waals surface area contributed by atoms with Crippen molar-refractivity contribution in [3.05, 3.63) is 75.2 Å². The highest BCUT2D eigenvalue weighted by Gasteiger charge is 2.37. The zero-order valence-electron chi connectivity index (χ0n) is 23.4. The first-order valence-electron chi connectivity index (χ1n) is 14.0. The van der Waals surface area contributed by atoms with Gasteiger partial charge in [-0.05, 0) is 47.6 Å². The molecule has 1 aliphatic carbocycles. The summed E-state index contributed by atoms with van der Waals surface area (Å²) in [5.41, 5.74) is 6.42. The molecule has 7 rings (SSSR count). The summed E-state index contributed by atoms with van der Waals surface area (Å²) in [6.45, 7) is 6.65. The lowest BCUT2D eigenvalue weighted by Crippen LogP contribution is -2.41. The number of amides is 1. The molecule has 1 saturated heterocycles. The number of pyridine rings is 2. The molecule has 41 heavy (non-hydrogen) atoms. The summed E-state index contributed by atoms with van der Waals surface area (Å²) in [7, 11) is 1.68. The van der Waals surface area contributed by atoms with E-state index < -0.39 is 0 Å². The summed E-state index contributed by atoms with van der Waals surface area (Å²) in [5, 5.41) is 21.0. The van der Waals surface area contributed by atoms with E-state index in [0.717, 1.165) is 18.5 Å². The highest BCUT2D eigenvalue weighted by Crippen LogP contribution is 2.40. The summed E-state index contributed by atoms with van der Waals surface area (Å²) >= 11 is 0. The van der Waals surface area contributed by atoms with Crippen molar-refractivity contribution >= 4 is 23.2 Å². The molecular formula is C30H33N7O4. The van der Waals surface area contributed by atoms with Gasteiger partial charge >= 0.3 is 0 Å². The predicted molar refractivity (Wildman–Crippen MR) is 154 cm³/mol. The Hall–Kier alpha value is -4.22. The van der Waals surface area contributed by atoms with E-state index in [4.69, 9.17) is 4.74 Å². The number of rotatable bonds is 6. The molecule has 0 radical (unpaired) electrons. The molecular weight excluding hydrogens is 522 g/mol. The van der Waals surface area contributed by atoms with Crippen LogP contribution < -0.4 is 15.8 Å². The van der Waals surface area contributed by atoms with E-state index in [1.165, 1.54) is 15.8 Å². The number of nitrogens with one attached hydrogen (secondary N) is 2. The highest BCUT2D eigenvalue weighted by molar-refractivity contribution is 6.06. The van der Waals surface area contributed by atoms with Gasteiger partial charge in [0.2, 0.25) is 0 Å². The van der Waals surface area contributed by atoms with Gasteiger partial charge in [-0.15, -0.1) is 0 Å². The fourth-order valence-electron chi connectivity index (χ4n) is 6.36. The van der Waals surface area contributed by atoms with Gasteiger partial charge in [0.25, 0.3) is 11.5 Å². The van der Waals surface area contributed by atoms with Gasteiger partial charge in [0.05, 0.1) is 19.8 Å². The average molecular weight is 556 g/mol. The van der Waals surface area contributed by atoms with Gasteiger partial charge < -0.3 is 24.3 Å². The Bertz CT molecular complexity index is 1740. The summed E-state index contributed by atoms with van der Waals surface area (Å²) in [6, 6.07) is 7.47. The Kier molecular flexibility index (Phi) is 5.91. The molecule has 4 aromatic heterocycles. The van der Waals surface area contributed by atoms with Crippen molar-refractivity contribution in [3.8, 4) is 11.1 Å². The van der Waals surface area contributed by atoms with Crippen LogP contribution in [0.3, 0.4) is 0 Å². The quantitative estimate of drug-likeness (QED) is 0.333.